The number of para-hydroxylation sites is 1. The molecule has 0 fully saturated rings. The quantitative estimate of drug-likeness (QED) is 0.549. The van der Waals surface area contributed by atoms with Gasteiger partial charge in [0.1, 0.15) is 24.4 Å². The summed E-state index contributed by atoms with van der Waals surface area (Å²) in [7, 11) is 0. The van der Waals surface area contributed by atoms with Crippen molar-refractivity contribution in [2.24, 2.45) is 0 Å². The van der Waals surface area contributed by atoms with Crippen molar-refractivity contribution in [1.82, 2.24) is 9.55 Å². The molecule has 0 aliphatic heterocycles. The number of aliphatic hydroxyl groups is 1. The van der Waals surface area contributed by atoms with E-state index in [0.29, 0.717) is 33.8 Å². The van der Waals surface area contributed by atoms with E-state index in [0.717, 1.165) is 0 Å². The van der Waals surface area contributed by atoms with Crippen LogP contribution in [0.3, 0.4) is 0 Å². The summed E-state index contributed by atoms with van der Waals surface area (Å²) in [6.45, 7) is -0.635. The van der Waals surface area contributed by atoms with Crippen molar-refractivity contribution in [3.05, 3.63) is 89.5 Å². The number of carbonyl (C=O) groups is 1. The third-order valence-electron chi connectivity index (χ3n) is 4.26. The van der Waals surface area contributed by atoms with Crippen LogP contribution in [-0.2, 0) is 4.79 Å². The molecule has 144 valence electrons. The molecule has 0 aliphatic carbocycles. The first-order valence-corrected chi connectivity index (χ1v) is 8.89. The molecule has 4 aromatic rings. The van der Waals surface area contributed by atoms with Crippen LogP contribution in [0.5, 0.6) is 11.5 Å². The minimum Gasteiger partial charge on any atom is -0.457 e. The molecular formula is C22H17N3O4. The average Bonchev–Trinajstić information content (AvgIpc) is 2.75. The number of aliphatic hydroxyl groups excluding tert-OH is 1. The maximum absolute atomic E-state index is 13.0. The third kappa shape index (κ3) is 3.99. The molecular weight excluding hydrogens is 370 g/mol. The van der Waals surface area contributed by atoms with Crippen LogP contribution in [0.15, 0.2) is 83.9 Å². The molecule has 0 aliphatic rings. The second-order valence-electron chi connectivity index (χ2n) is 6.27. The van der Waals surface area contributed by atoms with Crippen LogP contribution >= 0.6 is 0 Å². The summed E-state index contributed by atoms with van der Waals surface area (Å²) in [4.78, 5) is 28.8. The Labute approximate surface area is 165 Å². The van der Waals surface area contributed by atoms with Gasteiger partial charge in [0.25, 0.3) is 5.56 Å². The maximum atomic E-state index is 13.0. The highest BCUT2D eigenvalue weighted by molar-refractivity contribution is 5.94. The summed E-state index contributed by atoms with van der Waals surface area (Å²) >= 11 is 0. The minimum absolute atomic E-state index is 0.285. The Bertz CT molecular complexity index is 1240. The van der Waals surface area contributed by atoms with Gasteiger partial charge >= 0.3 is 0 Å². The van der Waals surface area contributed by atoms with Crippen LogP contribution in [0.1, 0.15) is 0 Å². The second kappa shape index (κ2) is 7.95. The number of anilines is 1. The molecule has 2 N–H and O–H groups in total. The zero-order valence-electron chi connectivity index (χ0n) is 15.3. The number of benzene rings is 3. The van der Waals surface area contributed by atoms with Crippen molar-refractivity contribution in [3.8, 4) is 17.2 Å². The summed E-state index contributed by atoms with van der Waals surface area (Å²) in [5, 5.41) is 11.8. The molecule has 0 atom stereocenters. The molecule has 0 unspecified atom stereocenters. The Hall–Kier alpha value is -3.97. The lowest BCUT2D eigenvalue weighted by atomic mass is 10.2. The maximum Gasteiger partial charge on any atom is 0.265 e. The number of aromatic nitrogens is 2. The lowest BCUT2D eigenvalue weighted by Crippen LogP contribution is -2.20. The number of fused-ring (bicyclic) bond motifs is 1. The van der Waals surface area contributed by atoms with E-state index in [4.69, 9.17) is 9.84 Å². The summed E-state index contributed by atoms with van der Waals surface area (Å²) in [6.07, 6.45) is 1.46. The summed E-state index contributed by atoms with van der Waals surface area (Å²) < 4.78 is 7.25. The highest BCUT2D eigenvalue weighted by Gasteiger charge is 2.09. The molecule has 0 bridgehead atoms. The van der Waals surface area contributed by atoms with Crippen LogP contribution in [0.2, 0.25) is 0 Å². The number of nitrogens with one attached hydrogen (secondary N) is 1. The Morgan fingerprint density at radius 1 is 1.00 bits per heavy atom. The van der Waals surface area contributed by atoms with E-state index in [1.807, 2.05) is 30.3 Å². The van der Waals surface area contributed by atoms with Crippen molar-refractivity contribution in [2.75, 3.05) is 11.9 Å². The van der Waals surface area contributed by atoms with Gasteiger partial charge in [0.15, 0.2) is 0 Å². The number of nitrogens with zero attached hydrogens (tertiary/aromatic N) is 2. The van der Waals surface area contributed by atoms with Gasteiger partial charge in [0.05, 0.1) is 16.6 Å². The zero-order chi connectivity index (χ0) is 20.2. The second-order valence-corrected chi connectivity index (χ2v) is 6.27. The van der Waals surface area contributed by atoms with Gasteiger partial charge in [-0.25, -0.2) is 4.98 Å². The van der Waals surface area contributed by atoms with Gasteiger partial charge in [-0.2, -0.15) is 0 Å². The van der Waals surface area contributed by atoms with E-state index in [9.17, 15) is 9.59 Å². The first kappa shape index (κ1) is 18.4. The average molecular weight is 387 g/mol. The third-order valence-corrected chi connectivity index (χ3v) is 4.26. The zero-order valence-corrected chi connectivity index (χ0v) is 15.3. The molecule has 0 saturated carbocycles. The molecule has 1 aromatic heterocycles. The van der Waals surface area contributed by atoms with Crippen molar-refractivity contribution in [3.63, 3.8) is 0 Å². The van der Waals surface area contributed by atoms with E-state index in [-0.39, 0.29) is 5.56 Å². The number of amides is 1. The van der Waals surface area contributed by atoms with Crippen LogP contribution in [0, 0.1) is 0 Å². The van der Waals surface area contributed by atoms with Crippen molar-refractivity contribution >= 4 is 22.5 Å². The van der Waals surface area contributed by atoms with Gasteiger partial charge in [-0.15, -0.1) is 0 Å². The van der Waals surface area contributed by atoms with Gasteiger partial charge in [0.2, 0.25) is 5.91 Å². The molecule has 1 amide bonds. The minimum atomic E-state index is -0.635. The largest absolute Gasteiger partial charge is 0.457 e. The van der Waals surface area contributed by atoms with Crippen LogP contribution in [0.4, 0.5) is 5.69 Å². The van der Waals surface area contributed by atoms with Gasteiger partial charge in [-0.05, 0) is 42.5 Å². The van der Waals surface area contributed by atoms with E-state index in [1.165, 1.54) is 10.9 Å². The first-order valence-electron chi connectivity index (χ1n) is 8.89. The lowest BCUT2D eigenvalue weighted by molar-refractivity contribution is -0.118. The smallest absolute Gasteiger partial charge is 0.265 e. The highest BCUT2D eigenvalue weighted by atomic mass is 16.5. The van der Waals surface area contributed by atoms with Gasteiger partial charge in [-0.1, -0.05) is 24.3 Å². The fraction of sp³-hybridized carbons (Fsp3) is 0.0455. The Kier molecular flexibility index (Phi) is 5.05. The lowest BCUT2D eigenvalue weighted by Gasteiger charge is -2.10. The van der Waals surface area contributed by atoms with Crippen molar-refractivity contribution < 1.29 is 14.6 Å². The van der Waals surface area contributed by atoms with Gasteiger partial charge in [0, 0.05) is 11.8 Å². The van der Waals surface area contributed by atoms with Gasteiger partial charge < -0.3 is 15.2 Å². The molecule has 0 saturated heterocycles. The van der Waals surface area contributed by atoms with Crippen molar-refractivity contribution in [2.45, 2.75) is 0 Å². The molecule has 0 radical (unpaired) electrons. The first-order chi connectivity index (χ1) is 14.1. The Morgan fingerprint density at radius 3 is 2.59 bits per heavy atom. The van der Waals surface area contributed by atoms with E-state index in [1.54, 1.807) is 42.5 Å². The normalized spacial score (nSPS) is 10.7. The topological polar surface area (TPSA) is 93.5 Å². The predicted octanol–water partition coefficient (Wildman–Crippen LogP) is 3.11. The van der Waals surface area contributed by atoms with E-state index >= 15 is 0 Å². The molecule has 7 nitrogen and oxygen atoms in total. The number of hydrogen-bond donors (Lipinski definition) is 2. The Balaban J connectivity index is 1.72. The summed E-state index contributed by atoms with van der Waals surface area (Å²) in [5.74, 6) is 0.724. The SMILES string of the molecule is O=C(CO)Nc1ccc2ncn(-c3cccc(Oc4ccccc4)c3)c(=O)c2c1. The fourth-order valence-corrected chi connectivity index (χ4v) is 2.91. The van der Waals surface area contributed by atoms with Gasteiger partial charge in [-0.3, -0.25) is 14.2 Å². The summed E-state index contributed by atoms with van der Waals surface area (Å²) in [5.41, 5.74) is 1.23. The monoisotopic (exact) mass is 387 g/mol. The Morgan fingerprint density at radius 2 is 1.79 bits per heavy atom. The van der Waals surface area contributed by atoms with Crippen molar-refractivity contribution in [1.29, 1.82) is 0 Å². The molecule has 3 aromatic carbocycles. The molecule has 0 spiro atoms. The summed E-state index contributed by atoms with van der Waals surface area (Å²) in [6, 6.07) is 21.3. The van der Waals surface area contributed by atoms with E-state index < -0.39 is 12.5 Å². The van der Waals surface area contributed by atoms with Crippen LogP contribution < -0.4 is 15.6 Å². The molecule has 29 heavy (non-hydrogen) atoms. The van der Waals surface area contributed by atoms with Crippen LogP contribution in [-0.4, -0.2) is 27.2 Å². The number of carbonyl (C=O) groups excluding carboxylic acids is 1. The number of ether oxygens (including phenoxy) is 1. The van der Waals surface area contributed by atoms with E-state index in [2.05, 4.69) is 10.3 Å². The standard InChI is InChI=1S/C22H17N3O4/c26-13-21(27)24-15-9-10-20-19(11-15)22(28)25(14-23-20)16-5-4-8-18(12-16)29-17-6-2-1-3-7-17/h1-12,14,26H,13H2,(H,24,27). The fourth-order valence-electron chi connectivity index (χ4n) is 2.91. The number of rotatable bonds is 5. The predicted molar refractivity (Wildman–Crippen MR) is 110 cm³/mol. The highest BCUT2D eigenvalue weighted by Crippen LogP contribution is 2.23. The molecule has 1 heterocycles. The number of hydrogen-bond acceptors (Lipinski definition) is 5. The molecule has 4 rings (SSSR count). The molecule has 7 heteroatoms. The van der Waals surface area contributed by atoms with Crippen LogP contribution in [0.25, 0.3) is 16.6 Å².